The minimum Gasteiger partial charge on any atom is -0.478 e. The van der Waals surface area contributed by atoms with E-state index in [-0.39, 0.29) is 0 Å². The smallest absolute Gasteiger partial charge is 0.384 e. The molecule has 0 aliphatic carbocycles. The van der Waals surface area contributed by atoms with E-state index in [1.54, 1.807) is 0 Å². The van der Waals surface area contributed by atoms with E-state index in [0.29, 0.717) is 13.8 Å². The Bertz CT molecular complexity index is 903. The van der Waals surface area contributed by atoms with Crippen LogP contribution in [-0.2, 0) is 9.59 Å². The molecule has 0 aliphatic heterocycles. The van der Waals surface area contributed by atoms with Gasteiger partial charge >= 0.3 is 59.3 Å². The van der Waals surface area contributed by atoms with Gasteiger partial charge in [-0.3, -0.25) is 0 Å². The molecule has 0 rings (SSSR count). The van der Waals surface area contributed by atoms with E-state index in [1.165, 1.54) is 0 Å². The van der Waals surface area contributed by atoms with Crippen molar-refractivity contribution in [3.8, 4) is 0 Å². The number of hydrogen-bond donors (Lipinski definition) is 2. The lowest BCUT2D eigenvalue weighted by atomic mass is 9.86. The summed E-state index contributed by atoms with van der Waals surface area (Å²) in [6.07, 6.45) is -6.79. The molecule has 0 saturated heterocycles. The number of carboxylic acid groups (broad SMARTS) is 2. The van der Waals surface area contributed by atoms with Crippen LogP contribution in [0.25, 0.3) is 0 Å². The molecular weight excluding hydrogens is 584 g/mol. The molecule has 0 aliphatic rings. The normalized spacial score (nSPS) is 16.1. The summed E-state index contributed by atoms with van der Waals surface area (Å²) < 4.78 is 220. The average Bonchev–Trinajstić information content (AvgIpc) is 2.74. The summed E-state index contributed by atoms with van der Waals surface area (Å²) in [5, 5.41) is 16.8. The molecule has 0 atom stereocenters. The van der Waals surface area contributed by atoms with Gasteiger partial charge in [-0.05, 0) is 13.8 Å². The number of rotatable bonds is 13. The van der Waals surface area contributed by atoms with E-state index in [4.69, 9.17) is 10.2 Å². The minimum absolute atomic E-state index is 0.382. The third-order valence-electron chi connectivity index (χ3n) is 4.89. The van der Waals surface area contributed by atoms with Crippen molar-refractivity contribution in [1.82, 2.24) is 0 Å². The van der Waals surface area contributed by atoms with E-state index < -0.39 is 95.5 Å². The van der Waals surface area contributed by atoms with E-state index in [9.17, 15) is 79.8 Å². The second kappa shape index (κ2) is 10.1. The third-order valence-corrected chi connectivity index (χ3v) is 4.89. The van der Waals surface area contributed by atoms with Crippen LogP contribution in [0.3, 0.4) is 0 Å². The maximum absolute atomic E-state index is 13.8. The van der Waals surface area contributed by atoms with Crippen molar-refractivity contribution in [2.45, 2.75) is 74.1 Å². The van der Waals surface area contributed by atoms with Crippen molar-refractivity contribution in [3.63, 3.8) is 0 Å². The minimum atomic E-state index is -8.60. The monoisotopic (exact) mass is 598 g/mol. The van der Waals surface area contributed by atoms with Gasteiger partial charge in [-0.15, -0.1) is 0 Å². The second-order valence-electron chi connectivity index (χ2n) is 7.65. The summed E-state index contributed by atoms with van der Waals surface area (Å²) in [4.78, 5) is 20.9. The molecule has 2 N–H and O–H groups in total. The van der Waals surface area contributed by atoms with E-state index in [1.807, 2.05) is 0 Å². The Balaban J connectivity index is 6.77. The first kappa shape index (κ1) is 35.3. The zero-order valence-electron chi connectivity index (χ0n) is 18.3. The molecule has 0 bridgehead atoms. The standard InChI is InChI=1S/C18H14F16O4/c1-7(9(35)36)3-5-11(19,20)13(23,24)15(27,28)17(31,32)18(33,34)16(29,30)14(25,26)12(21,22)6-4-8(2)10(37)38/h3-4H,5-6H2,1-2H3,(H,35,36)(H,37,38). The van der Waals surface area contributed by atoms with Crippen molar-refractivity contribution < 1.29 is 90.0 Å². The molecule has 0 amide bonds. The molecule has 0 heterocycles. The molecule has 38 heavy (non-hydrogen) atoms. The van der Waals surface area contributed by atoms with Crippen molar-refractivity contribution in [2.75, 3.05) is 0 Å². The molecule has 0 aromatic carbocycles. The van der Waals surface area contributed by atoms with E-state index in [0.717, 1.165) is 0 Å². The summed E-state index contributed by atoms with van der Waals surface area (Å²) in [5.41, 5.74) is -2.61. The third kappa shape index (κ3) is 5.39. The molecule has 0 spiro atoms. The first-order chi connectivity index (χ1) is 16.4. The van der Waals surface area contributed by atoms with Gasteiger partial charge < -0.3 is 10.2 Å². The molecule has 0 radical (unpaired) electrons. The maximum atomic E-state index is 13.8. The number of alkyl halides is 16. The van der Waals surface area contributed by atoms with Crippen LogP contribution in [0.4, 0.5) is 70.2 Å². The molecule has 0 aromatic rings. The van der Waals surface area contributed by atoms with Crippen molar-refractivity contribution in [1.29, 1.82) is 0 Å². The summed E-state index contributed by atoms with van der Waals surface area (Å²) >= 11 is 0. The van der Waals surface area contributed by atoms with Crippen LogP contribution < -0.4 is 0 Å². The quantitative estimate of drug-likeness (QED) is 0.179. The Kier molecular flexibility index (Phi) is 9.40. The first-order valence-corrected chi connectivity index (χ1v) is 9.23. The molecule has 0 saturated carbocycles. The lowest BCUT2D eigenvalue weighted by Crippen LogP contribution is -2.74. The van der Waals surface area contributed by atoms with Gasteiger partial charge in [-0.2, -0.15) is 70.2 Å². The Morgan fingerprint density at radius 1 is 0.474 bits per heavy atom. The number of halogens is 16. The van der Waals surface area contributed by atoms with E-state index >= 15 is 0 Å². The molecule has 0 unspecified atom stereocenters. The van der Waals surface area contributed by atoms with Gasteiger partial charge in [0.2, 0.25) is 0 Å². The van der Waals surface area contributed by atoms with Gasteiger partial charge in [0.1, 0.15) is 0 Å². The van der Waals surface area contributed by atoms with Crippen LogP contribution in [0, 0.1) is 0 Å². The van der Waals surface area contributed by atoms with Gasteiger partial charge in [0.15, 0.2) is 0 Å². The first-order valence-electron chi connectivity index (χ1n) is 9.23. The Morgan fingerprint density at radius 2 is 0.658 bits per heavy atom. The number of carbonyl (C=O) groups is 2. The fourth-order valence-corrected chi connectivity index (χ4v) is 2.24. The van der Waals surface area contributed by atoms with Gasteiger partial charge in [0.25, 0.3) is 0 Å². The predicted octanol–water partition coefficient (Wildman–Crippen LogP) is 6.91. The summed E-state index contributed by atoms with van der Waals surface area (Å²) in [6, 6.07) is 0. The maximum Gasteiger partial charge on any atom is 0.384 e. The van der Waals surface area contributed by atoms with Crippen molar-refractivity contribution >= 4 is 11.9 Å². The highest BCUT2D eigenvalue weighted by Gasteiger charge is 2.94. The van der Waals surface area contributed by atoms with E-state index in [2.05, 4.69) is 0 Å². The lowest BCUT2D eigenvalue weighted by molar-refractivity contribution is -0.452. The molecule has 20 heteroatoms. The summed E-state index contributed by atoms with van der Waals surface area (Å²) in [5.74, 6) is -67.1. The zero-order chi connectivity index (χ0) is 31.1. The molecule has 4 nitrogen and oxygen atoms in total. The highest BCUT2D eigenvalue weighted by atomic mass is 19.4. The number of aliphatic carboxylic acids is 2. The Labute approximate surface area is 200 Å². The van der Waals surface area contributed by atoms with Crippen molar-refractivity contribution in [2.24, 2.45) is 0 Å². The number of hydrogen-bond acceptors (Lipinski definition) is 2. The lowest BCUT2D eigenvalue weighted by Gasteiger charge is -2.43. The van der Waals surface area contributed by atoms with Crippen molar-refractivity contribution in [3.05, 3.63) is 23.3 Å². The zero-order valence-corrected chi connectivity index (χ0v) is 18.3. The number of allylic oxidation sites excluding steroid dienone is 2. The number of carboxylic acids is 2. The average molecular weight is 598 g/mol. The molecule has 0 fully saturated rings. The Morgan fingerprint density at radius 3 is 0.842 bits per heavy atom. The van der Waals surface area contributed by atoms with Gasteiger partial charge in [-0.25, -0.2) is 9.59 Å². The second-order valence-corrected chi connectivity index (χ2v) is 7.65. The Hall–Kier alpha value is -2.70. The molecule has 0 aromatic heterocycles. The van der Waals surface area contributed by atoms with Crippen LogP contribution in [-0.4, -0.2) is 69.5 Å². The topological polar surface area (TPSA) is 74.6 Å². The van der Waals surface area contributed by atoms with Gasteiger partial charge in [0, 0.05) is 24.0 Å². The molecular formula is C18H14F16O4. The van der Waals surface area contributed by atoms with Gasteiger partial charge in [0.05, 0.1) is 0 Å². The fourth-order valence-electron chi connectivity index (χ4n) is 2.24. The SMILES string of the molecule is CC(=CCC(F)(F)C(F)(F)C(F)(F)C(F)(F)C(F)(F)C(F)(F)C(F)(F)C(F)(F)CC=C(C)C(=O)O)C(=O)O. The van der Waals surface area contributed by atoms with Crippen LogP contribution in [0.2, 0.25) is 0 Å². The van der Waals surface area contributed by atoms with Gasteiger partial charge in [-0.1, -0.05) is 12.2 Å². The van der Waals surface area contributed by atoms with Crippen LogP contribution in [0.5, 0.6) is 0 Å². The molecule has 222 valence electrons. The van der Waals surface area contributed by atoms with Crippen LogP contribution in [0.1, 0.15) is 26.7 Å². The fraction of sp³-hybridized carbons (Fsp3) is 0.667. The highest BCUT2D eigenvalue weighted by Crippen LogP contribution is 2.64. The summed E-state index contributed by atoms with van der Waals surface area (Å²) in [7, 11) is 0. The van der Waals surface area contributed by atoms with Crippen LogP contribution >= 0.6 is 0 Å². The van der Waals surface area contributed by atoms with Crippen LogP contribution in [0.15, 0.2) is 23.3 Å². The largest absolute Gasteiger partial charge is 0.478 e. The highest BCUT2D eigenvalue weighted by molar-refractivity contribution is 5.86. The summed E-state index contributed by atoms with van der Waals surface area (Å²) in [6.45, 7) is 0.765. The predicted molar refractivity (Wildman–Crippen MR) is 91.6 cm³/mol.